The second-order valence-corrected chi connectivity index (χ2v) is 8.89. The van der Waals surface area contributed by atoms with Crippen LogP contribution in [0, 0.1) is 0 Å². The van der Waals surface area contributed by atoms with Crippen LogP contribution in [0.3, 0.4) is 0 Å². The Hall–Kier alpha value is -1.94. The zero-order valence-corrected chi connectivity index (χ0v) is 16.4. The summed E-state index contributed by atoms with van der Waals surface area (Å²) in [6.45, 7) is 9.30. The van der Waals surface area contributed by atoms with Crippen LogP contribution in [0.2, 0.25) is 0 Å². The molecule has 0 saturated heterocycles. The topological polar surface area (TPSA) is 38.7 Å². The van der Waals surface area contributed by atoms with Crippen LogP contribution in [0.15, 0.2) is 34.6 Å². The first-order valence-electron chi connectivity index (χ1n) is 8.59. The van der Waals surface area contributed by atoms with Crippen molar-refractivity contribution in [2.24, 2.45) is 4.99 Å². The van der Waals surface area contributed by atoms with Gasteiger partial charge in [-0.05, 0) is 52.5 Å². The fourth-order valence-corrected chi connectivity index (χ4v) is 4.16. The van der Waals surface area contributed by atoms with Crippen molar-refractivity contribution in [3.63, 3.8) is 0 Å². The average Bonchev–Trinajstić information content (AvgIpc) is 3.05. The molecule has 2 aromatic rings. The Balaban J connectivity index is 1.89. The van der Waals surface area contributed by atoms with Gasteiger partial charge in [-0.2, -0.15) is 0 Å². The zero-order valence-electron chi connectivity index (χ0n) is 15.6. The molecule has 4 heteroatoms. The van der Waals surface area contributed by atoms with Gasteiger partial charge < -0.3 is 4.74 Å². The van der Waals surface area contributed by atoms with Crippen molar-refractivity contribution in [3.8, 4) is 0 Å². The predicted octanol–water partition coefficient (Wildman–Crippen LogP) is 5.63. The molecule has 132 valence electrons. The summed E-state index contributed by atoms with van der Waals surface area (Å²) in [6.07, 6.45) is 4.29. The number of benzene rings is 1. The number of ether oxygens (including phenoxy) is 1. The number of esters is 1. The molecule has 1 aliphatic rings. The number of carbonyl (C=O) groups excluding carboxylic acids is 1. The Kier molecular flexibility index (Phi) is 4.58. The molecular weight excluding hydrogens is 330 g/mol. The minimum Gasteiger partial charge on any atom is -0.465 e. The molecule has 0 N–H and O–H groups in total. The van der Waals surface area contributed by atoms with Crippen molar-refractivity contribution in [3.05, 3.63) is 51.9 Å². The van der Waals surface area contributed by atoms with Gasteiger partial charge in [-0.1, -0.05) is 39.8 Å². The highest BCUT2D eigenvalue weighted by atomic mass is 32.1. The lowest BCUT2D eigenvalue weighted by atomic mass is 9.63. The summed E-state index contributed by atoms with van der Waals surface area (Å²) in [4.78, 5) is 16.1. The standard InChI is InChI=1S/C21H25NO2S/c1-20(2)8-9-21(3,4)17-10-14(6-7-16(17)20)12-22-18-11-15(13-25-18)19(23)24-5/h6-7,10-13H,8-9H2,1-5H3. The van der Waals surface area contributed by atoms with Gasteiger partial charge in [0.05, 0.1) is 12.7 Å². The number of rotatable bonds is 3. The van der Waals surface area contributed by atoms with E-state index < -0.39 is 0 Å². The maximum absolute atomic E-state index is 11.5. The molecule has 0 radical (unpaired) electrons. The Labute approximate surface area is 153 Å². The summed E-state index contributed by atoms with van der Waals surface area (Å²) in [5.74, 6) is -0.324. The summed E-state index contributed by atoms with van der Waals surface area (Å²) in [7, 11) is 1.39. The fraction of sp³-hybridized carbons (Fsp3) is 0.429. The monoisotopic (exact) mass is 355 g/mol. The maximum atomic E-state index is 11.5. The summed E-state index contributed by atoms with van der Waals surface area (Å²) in [5.41, 5.74) is 4.93. The summed E-state index contributed by atoms with van der Waals surface area (Å²) < 4.78 is 4.73. The number of aliphatic imine (C=N–C) groups is 1. The molecule has 0 saturated carbocycles. The van der Waals surface area contributed by atoms with Crippen LogP contribution < -0.4 is 0 Å². The van der Waals surface area contributed by atoms with E-state index >= 15 is 0 Å². The third-order valence-electron chi connectivity index (χ3n) is 5.22. The number of carbonyl (C=O) groups is 1. The van der Waals surface area contributed by atoms with E-state index in [1.165, 1.54) is 42.4 Å². The Morgan fingerprint density at radius 3 is 2.48 bits per heavy atom. The molecule has 3 nitrogen and oxygen atoms in total. The average molecular weight is 356 g/mol. The van der Waals surface area contributed by atoms with E-state index in [1.807, 2.05) is 6.21 Å². The van der Waals surface area contributed by atoms with Gasteiger partial charge in [-0.25, -0.2) is 9.79 Å². The number of thiophene rings is 1. The first kappa shape index (κ1) is 17.9. The van der Waals surface area contributed by atoms with Gasteiger partial charge in [0.15, 0.2) is 0 Å². The summed E-state index contributed by atoms with van der Waals surface area (Å²) in [5, 5.41) is 2.58. The highest BCUT2D eigenvalue weighted by Crippen LogP contribution is 2.45. The largest absolute Gasteiger partial charge is 0.465 e. The second kappa shape index (κ2) is 6.41. The van der Waals surface area contributed by atoms with Gasteiger partial charge in [-0.3, -0.25) is 0 Å². The number of hydrogen-bond acceptors (Lipinski definition) is 4. The third kappa shape index (κ3) is 3.54. The van der Waals surface area contributed by atoms with Crippen molar-refractivity contribution >= 4 is 28.5 Å². The van der Waals surface area contributed by atoms with Gasteiger partial charge in [0.25, 0.3) is 0 Å². The number of hydrogen-bond donors (Lipinski definition) is 0. The third-order valence-corrected chi connectivity index (χ3v) is 6.06. The van der Waals surface area contributed by atoms with Crippen LogP contribution in [-0.2, 0) is 15.6 Å². The van der Waals surface area contributed by atoms with E-state index in [0.717, 1.165) is 10.6 Å². The lowest BCUT2D eigenvalue weighted by Crippen LogP contribution is -2.33. The van der Waals surface area contributed by atoms with E-state index in [9.17, 15) is 4.79 Å². The number of fused-ring (bicyclic) bond motifs is 1. The molecule has 0 unspecified atom stereocenters. The molecular formula is C21H25NO2S. The normalized spacial score (nSPS) is 18.1. The van der Waals surface area contributed by atoms with Crippen LogP contribution >= 0.6 is 11.3 Å². The second-order valence-electron chi connectivity index (χ2n) is 8.00. The van der Waals surface area contributed by atoms with Crippen LogP contribution in [-0.4, -0.2) is 19.3 Å². The zero-order chi connectivity index (χ0) is 18.2. The Bertz CT molecular complexity index is 830. The molecule has 0 fully saturated rings. The quantitative estimate of drug-likeness (QED) is 0.528. The maximum Gasteiger partial charge on any atom is 0.338 e. The molecule has 1 aliphatic carbocycles. The van der Waals surface area contributed by atoms with Crippen molar-refractivity contribution < 1.29 is 9.53 Å². The van der Waals surface area contributed by atoms with E-state index in [-0.39, 0.29) is 16.8 Å². The molecule has 1 aromatic heterocycles. The van der Waals surface area contributed by atoms with Gasteiger partial charge in [0.2, 0.25) is 0 Å². The van der Waals surface area contributed by atoms with Crippen LogP contribution in [0.25, 0.3) is 0 Å². The smallest absolute Gasteiger partial charge is 0.338 e. The van der Waals surface area contributed by atoms with Crippen molar-refractivity contribution in [2.75, 3.05) is 7.11 Å². The van der Waals surface area contributed by atoms with Gasteiger partial charge >= 0.3 is 5.97 Å². The van der Waals surface area contributed by atoms with Crippen LogP contribution in [0.5, 0.6) is 0 Å². The molecule has 1 aromatic carbocycles. The molecule has 0 bridgehead atoms. The van der Waals surface area contributed by atoms with Gasteiger partial charge in [-0.15, -0.1) is 11.3 Å². The molecule has 0 aliphatic heterocycles. The molecule has 1 heterocycles. The highest BCUT2D eigenvalue weighted by molar-refractivity contribution is 7.14. The molecule has 0 spiro atoms. The minimum atomic E-state index is -0.324. The van der Waals surface area contributed by atoms with E-state index in [2.05, 4.69) is 50.9 Å². The van der Waals surface area contributed by atoms with E-state index in [4.69, 9.17) is 4.74 Å². The minimum absolute atomic E-state index is 0.190. The molecule has 3 rings (SSSR count). The van der Waals surface area contributed by atoms with E-state index in [1.54, 1.807) is 11.4 Å². The van der Waals surface area contributed by atoms with Gasteiger partial charge in [0, 0.05) is 11.6 Å². The first-order chi connectivity index (χ1) is 11.7. The summed E-state index contributed by atoms with van der Waals surface area (Å²) >= 11 is 1.44. The lowest BCUT2D eigenvalue weighted by molar-refractivity contribution is 0.0601. The highest BCUT2D eigenvalue weighted by Gasteiger charge is 2.36. The Morgan fingerprint density at radius 1 is 1.12 bits per heavy atom. The number of nitrogens with zero attached hydrogens (tertiary/aromatic N) is 1. The number of methoxy groups -OCH3 is 1. The van der Waals surface area contributed by atoms with Gasteiger partial charge in [0.1, 0.15) is 5.00 Å². The SMILES string of the molecule is COC(=O)c1csc(N=Cc2ccc3c(c2)C(C)(C)CCC3(C)C)c1. The van der Waals surface area contributed by atoms with Crippen molar-refractivity contribution in [2.45, 2.75) is 51.4 Å². The van der Waals surface area contributed by atoms with Crippen molar-refractivity contribution in [1.82, 2.24) is 0 Å². The molecule has 25 heavy (non-hydrogen) atoms. The van der Waals surface area contributed by atoms with E-state index in [0.29, 0.717) is 5.56 Å². The van der Waals surface area contributed by atoms with Crippen molar-refractivity contribution in [1.29, 1.82) is 0 Å². The lowest BCUT2D eigenvalue weighted by Gasteiger charge is -2.42. The fourth-order valence-electron chi connectivity index (χ4n) is 3.44. The predicted molar refractivity (Wildman–Crippen MR) is 105 cm³/mol. The molecule has 0 atom stereocenters. The first-order valence-corrected chi connectivity index (χ1v) is 9.47. The summed E-state index contributed by atoms with van der Waals surface area (Å²) in [6, 6.07) is 8.43. The Morgan fingerprint density at radius 2 is 1.80 bits per heavy atom. The van der Waals surface area contributed by atoms with Crippen LogP contribution in [0.1, 0.15) is 67.6 Å². The van der Waals surface area contributed by atoms with Crippen LogP contribution in [0.4, 0.5) is 5.00 Å². The molecule has 0 amide bonds.